The quantitative estimate of drug-likeness (QED) is 0.323. The summed E-state index contributed by atoms with van der Waals surface area (Å²) in [6.45, 7) is 4.67. The molecule has 0 aliphatic rings. The van der Waals surface area contributed by atoms with E-state index in [2.05, 4.69) is 86.7 Å². The van der Waals surface area contributed by atoms with E-state index >= 15 is 0 Å². The molecule has 0 nitrogen and oxygen atoms in total. The molecule has 24 heavy (non-hydrogen) atoms. The highest BCUT2D eigenvalue weighted by Gasteiger charge is 2.22. The van der Waals surface area contributed by atoms with Crippen molar-refractivity contribution in [3.8, 4) is 0 Å². The van der Waals surface area contributed by atoms with Crippen molar-refractivity contribution in [2.75, 3.05) is 0 Å². The minimum atomic E-state index is 0.158. The van der Waals surface area contributed by atoms with Crippen molar-refractivity contribution in [2.24, 2.45) is 0 Å². The van der Waals surface area contributed by atoms with E-state index in [-0.39, 0.29) is 5.41 Å². The Morgan fingerprint density at radius 3 is 2.17 bits per heavy atom. The van der Waals surface area contributed by atoms with Crippen molar-refractivity contribution in [2.45, 2.75) is 64.2 Å². The summed E-state index contributed by atoms with van der Waals surface area (Å²) in [6, 6.07) is 21.8. The van der Waals surface area contributed by atoms with Crippen molar-refractivity contribution < 1.29 is 0 Å². The summed E-state index contributed by atoms with van der Waals surface area (Å²) in [4.78, 5) is 0. The molecule has 2 aromatic carbocycles. The molecule has 2 aromatic rings. The van der Waals surface area contributed by atoms with Gasteiger partial charge in [0.25, 0.3) is 0 Å². The third-order valence-corrected chi connectivity index (χ3v) is 4.91. The van der Waals surface area contributed by atoms with Crippen LogP contribution in [0.4, 0.5) is 0 Å². The van der Waals surface area contributed by atoms with Gasteiger partial charge in [0.2, 0.25) is 0 Å². The van der Waals surface area contributed by atoms with E-state index in [1.165, 1.54) is 43.2 Å². The van der Waals surface area contributed by atoms with Crippen LogP contribution >= 0.6 is 0 Å². The molecular formula is C24H32. The fourth-order valence-electron chi connectivity index (χ4n) is 3.30. The van der Waals surface area contributed by atoms with Crippen LogP contribution in [-0.4, -0.2) is 0 Å². The van der Waals surface area contributed by atoms with Crippen molar-refractivity contribution in [3.05, 3.63) is 83.9 Å². The fourth-order valence-corrected chi connectivity index (χ4v) is 3.30. The predicted octanol–water partition coefficient (Wildman–Crippen LogP) is 7.10. The Morgan fingerprint density at radius 1 is 0.833 bits per heavy atom. The molecule has 0 fully saturated rings. The first-order chi connectivity index (χ1) is 11.7. The maximum atomic E-state index is 2.46. The molecule has 0 radical (unpaired) electrons. The van der Waals surface area contributed by atoms with Gasteiger partial charge in [-0.15, -0.1) is 0 Å². The zero-order valence-electron chi connectivity index (χ0n) is 15.4. The van der Waals surface area contributed by atoms with Crippen LogP contribution in [0.15, 0.2) is 72.8 Å². The predicted molar refractivity (Wildman–Crippen MR) is 106 cm³/mol. The Balaban J connectivity index is 1.98. The number of hydrogen-bond donors (Lipinski definition) is 0. The number of aryl methyl sites for hydroxylation is 1. The summed E-state index contributed by atoms with van der Waals surface area (Å²) in [7, 11) is 0. The van der Waals surface area contributed by atoms with Crippen LogP contribution < -0.4 is 0 Å². The lowest BCUT2D eigenvalue weighted by molar-refractivity contribution is 0.491. The molecule has 0 N–H and O–H groups in total. The Morgan fingerprint density at radius 2 is 1.50 bits per heavy atom. The van der Waals surface area contributed by atoms with Gasteiger partial charge in [0.15, 0.2) is 0 Å². The van der Waals surface area contributed by atoms with Gasteiger partial charge in [-0.1, -0.05) is 112 Å². The van der Waals surface area contributed by atoms with E-state index in [0.29, 0.717) is 0 Å². The first kappa shape index (κ1) is 18.5. The van der Waals surface area contributed by atoms with Crippen LogP contribution in [0.5, 0.6) is 0 Å². The van der Waals surface area contributed by atoms with E-state index in [0.717, 1.165) is 12.8 Å². The fraction of sp³-hybridized carbons (Fsp3) is 0.417. The number of unbranched alkanes of at least 4 members (excludes halogenated alkanes) is 3. The van der Waals surface area contributed by atoms with Gasteiger partial charge in [0.1, 0.15) is 0 Å². The Labute approximate surface area is 148 Å². The molecule has 0 amide bonds. The van der Waals surface area contributed by atoms with E-state index in [1.807, 2.05) is 0 Å². The van der Waals surface area contributed by atoms with E-state index < -0.39 is 0 Å². The minimum Gasteiger partial charge on any atom is -0.0873 e. The monoisotopic (exact) mass is 320 g/mol. The van der Waals surface area contributed by atoms with Gasteiger partial charge in [0.05, 0.1) is 0 Å². The van der Waals surface area contributed by atoms with Crippen LogP contribution in [0.25, 0.3) is 0 Å². The molecule has 0 aromatic heterocycles. The van der Waals surface area contributed by atoms with Crippen molar-refractivity contribution >= 4 is 0 Å². The second kappa shape index (κ2) is 10.1. The third kappa shape index (κ3) is 6.00. The maximum absolute atomic E-state index is 2.46. The largest absolute Gasteiger partial charge is 0.0873 e. The molecular weight excluding hydrogens is 288 g/mol. The lowest BCUT2D eigenvalue weighted by atomic mass is 9.77. The standard InChI is InChI=1S/C24H32/c1-3-4-5-13-20-24(2,23-18-10-7-11-19-23)21-14-12-17-22-15-8-6-9-16-22/h6-11,14-16,18-19,21H,3-5,12-13,17,20H2,1-2H3/b21-14+/t24-/m1/s1. The van der Waals surface area contributed by atoms with Gasteiger partial charge < -0.3 is 0 Å². The normalized spacial score (nSPS) is 13.9. The molecule has 0 bridgehead atoms. The zero-order valence-corrected chi connectivity index (χ0v) is 15.4. The Hall–Kier alpha value is -1.82. The molecule has 1 atom stereocenters. The molecule has 2 rings (SSSR count). The third-order valence-electron chi connectivity index (χ3n) is 4.91. The second-order valence-corrected chi connectivity index (χ2v) is 7.02. The van der Waals surface area contributed by atoms with Crippen molar-refractivity contribution in [3.63, 3.8) is 0 Å². The Bertz CT molecular complexity index is 582. The summed E-state index contributed by atoms with van der Waals surface area (Å²) in [5.41, 5.74) is 3.02. The van der Waals surface area contributed by atoms with Gasteiger partial charge in [-0.05, 0) is 30.4 Å². The molecule has 0 unspecified atom stereocenters. The van der Waals surface area contributed by atoms with Gasteiger partial charge in [-0.2, -0.15) is 0 Å². The highest BCUT2D eigenvalue weighted by molar-refractivity contribution is 5.30. The van der Waals surface area contributed by atoms with E-state index in [4.69, 9.17) is 0 Å². The summed E-state index contributed by atoms with van der Waals surface area (Å²) >= 11 is 0. The van der Waals surface area contributed by atoms with Crippen molar-refractivity contribution in [1.29, 1.82) is 0 Å². The topological polar surface area (TPSA) is 0 Å². The SMILES string of the molecule is CCCCCC[C@](C)(/C=C/CCc1ccccc1)c1ccccc1. The van der Waals surface area contributed by atoms with Gasteiger partial charge in [-0.3, -0.25) is 0 Å². The molecule has 0 spiro atoms. The summed E-state index contributed by atoms with van der Waals surface area (Å²) in [5.74, 6) is 0. The molecule has 0 saturated heterocycles. The number of rotatable bonds is 10. The highest BCUT2D eigenvalue weighted by atomic mass is 14.3. The van der Waals surface area contributed by atoms with Crippen LogP contribution in [0, 0.1) is 0 Å². The number of allylic oxidation sites excluding steroid dienone is 2. The molecule has 0 aliphatic heterocycles. The van der Waals surface area contributed by atoms with Gasteiger partial charge in [0, 0.05) is 5.41 Å². The number of hydrogen-bond acceptors (Lipinski definition) is 0. The van der Waals surface area contributed by atoms with Gasteiger partial charge in [-0.25, -0.2) is 0 Å². The Kier molecular flexibility index (Phi) is 7.82. The lowest BCUT2D eigenvalue weighted by Crippen LogP contribution is -2.19. The molecule has 0 aliphatic carbocycles. The van der Waals surface area contributed by atoms with Crippen LogP contribution in [0.1, 0.15) is 63.5 Å². The van der Waals surface area contributed by atoms with Crippen molar-refractivity contribution in [1.82, 2.24) is 0 Å². The second-order valence-electron chi connectivity index (χ2n) is 7.02. The first-order valence-corrected chi connectivity index (χ1v) is 9.52. The molecule has 0 saturated carbocycles. The molecule has 0 heteroatoms. The van der Waals surface area contributed by atoms with Crippen LogP contribution in [0.3, 0.4) is 0 Å². The van der Waals surface area contributed by atoms with E-state index in [1.54, 1.807) is 0 Å². The minimum absolute atomic E-state index is 0.158. The lowest BCUT2D eigenvalue weighted by Gasteiger charge is -2.27. The number of benzene rings is 2. The van der Waals surface area contributed by atoms with E-state index in [9.17, 15) is 0 Å². The summed E-state index contributed by atoms with van der Waals surface area (Å²) in [6.07, 6.45) is 13.6. The highest BCUT2D eigenvalue weighted by Crippen LogP contribution is 2.31. The van der Waals surface area contributed by atoms with Gasteiger partial charge >= 0.3 is 0 Å². The average Bonchev–Trinajstić information content (AvgIpc) is 2.64. The van der Waals surface area contributed by atoms with Crippen LogP contribution in [-0.2, 0) is 11.8 Å². The first-order valence-electron chi connectivity index (χ1n) is 9.52. The summed E-state index contributed by atoms with van der Waals surface area (Å²) < 4.78 is 0. The molecule has 0 heterocycles. The zero-order chi connectivity index (χ0) is 17.1. The summed E-state index contributed by atoms with van der Waals surface area (Å²) in [5, 5.41) is 0. The van der Waals surface area contributed by atoms with Crippen LogP contribution in [0.2, 0.25) is 0 Å². The molecule has 128 valence electrons. The average molecular weight is 321 g/mol. The maximum Gasteiger partial charge on any atom is 0.0104 e. The smallest absolute Gasteiger partial charge is 0.0104 e.